The minimum absolute atomic E-state index is 0. The summed E-state index contributed by atoms with van der Waals surface area (Å²) in [4.78, 5) is 14.1. The second-order valence-electron chi connectivity index (χ2n) is 5.81. The number of sulfone groups is 1. The lowest BCUT2D eigenvalue weighted by Gasteiger charge is -2.34. The number of alkyl halides is 2. The highest BCUT2D eigenvalue weighted by Gasteiger charge is 2.28. The molecule has 2 rings (SSSR count). The van der Waals surface area contributed by atoms with Crippen molar-refractivity contribution in [1.82, 2.24) is 10.2 Å². The zero-order valence-corrected chi connectivity index (χ0v) is 15.6. The molecule has 1 aromatic rings. The first-order valence-electron chi connectivity index (χ1n) is 8.01. The van der Waals surface area contributed by atoms with Gasteiger partial charge in [-0.25, -0.2) is 8.42 Å². The Kier molecular flexibility index (Phi) is 8.24. The van der Waals surface area contributed by atoms with E-state index in [0.29, 0.717) is 12.1 Å². The Hall–Kier alpha value is -1.25. The van der Waals surface area contributed by atoms with Gasteiger partial charge in [0.1, 0.15) is 0 Å². The minimum Gasteiger partial charge on any atom is -0.336 e. The topological polar surface area (TPSA) is 66.5 Å². The number of hydrogen-bond donors (Lipinski definition) is 1. The Balaban J connectivity index is 0.00000312. The highest BCUT2D eigenvalue weighted by Crippen LogP contribution is 2.21. The first-order chi connectivity index (χ1) is 11.4. The minimum atomic E-state index is -4.64. The molecule has 0 spiro atoms. The van der Waals surface area contributed by atoms with Gasteiger partial charge in [-0.2, -0.15) is 8.78 Å². The molecule has 9 heteroatoms. The van der Waals surface area contributed by atoms with Crippen molar-refractivity contribution in [3.05, 3.63) is 29.8 Å². The van der Waals surface area contributed by atoms with E-state index in [1.165, 1.54) is 12.1 Å². The van der Waals surface area contributed by atoms with Gasteiger partial charge in [0.2, 0.25) is 9.84 Å². The predicted octanol–water partition coefficient (Wildman–Crippen LogP) is 2.71. The summed E-state index contributed by atoms with van der Waals surface area (Å²) in [5.41, 5.74) is 0.315. The van der Waals surface area contributed by atoms with Crippen molar-refractivity contribution < 1.29 is 22.0 Å². The number of hydrogen-bond acceptors (Lipinski definition) is 4. The lowest BCUT2D eigenvalue weighted by molar-refractivity contribution is 0.0642. The number of carbonyl (C=O) groups excluding carboxylic acids is 1. The van der Waals surface area contributed by atoms with Crippen molar-refractivity contribution in [2.75, 3.05) is 19.6 Å². The number of amides is 1. The Morgan fingerprint density at radius 2 is 1.80 bits per heavy atom. The van der Waals surface area contributed by atoms with E-state index in [1.807, 2.05) is 6.92 Å². The predicted molar refractivity (Wildman–Crippen MR) is 94.1 cm³/mol. The van der Waals surface area contributed by atoms with Gasteiger partial charge in [0.05, 0.1) is 4.90 Å². The molecular weight excluding hydrogens is 374 g/mol. The highest BCUT2D eigenvalue weighted by atomic mass is 35.5. The van der Waals surface area contributed by atoms with E-state index in [4.69, 9.17) is 0 Å². The van der Waals surface area contributed by atoms with Crippen LogP contribution in [0.25, 0.3) is 0 Å². The third-order valence-corrected chi connectivity index (χ3v) is 5.54. The van der Waals surface area contributed by atoms with E-state index >= 15 is 0 Å². The van der Waals surface area contributed by atoms with Crippen molar-refractivity contribution >= 4 is 28.2 Å². The van der Waals surface area contributed by atoms with E-state index in [9.17, 15) is 22.0 Å². The molecule has 0 bridgehead atoms. The highest BCUT2D eigenvalue weighted by molar-refractivity contribution is 7.91. The fourth-order valence-corrected chi connectivity index (χ4v) is 3.59. The van der Waals surface area contributed by atoms with Crippen LogP contribution in [-0.2, 0) is 9.84 Å². The zero-order chi connectivity index (χ0) is 17.7. The molecular formula is C16H23ClF2N2O3S. The van der Waals surface area contributed by atoms with Crippen LogP contribution < -0.4 is 5.32 Å². The summed E-state index contributed by atoms with van der Waals surface area (Å²) >= 11 is 0. The number of rotatable bonds is 6. The van der Waals surface area contributed by atoms with E-state index in [1.54, 1.807) is 4.90 Å². The van der Waals surface area contributed by atoms with Crippen LogP contribution in [0.5, 0.6) is 0 Å². The average molecular weight is 397 g/mol. The molecule has 142 valence electrons. The molecule has 1 N–H and O–H groups in total. The molecule has 1 saturated heterocycles. The standard InChI is InChI=1S/C16H22F2N2O3S.ClH/c1-2-11-20(13-7-9-19-10-8-13)15(21)12-3-5-14(6-4-12)24(22,23)16(17)18;/h3-6,13,16,19H,2,7-11H2,1H3;1H. The summed E-state index contributed by atoms with van der Waals surface area (Å²) in [7, 11) is -4.64. The Bertz CT molecular complexity index is 662. The lowest BCUT2D eigenvalue weighted by Crippen LogP contribution is -2.46. The number of halogens is 3. The first-order valence-corrected chi connectivity index (χ1v) is 9.56. The van der Waals surface area contributed by atoms with Crippen molar-refractivity contribution in [3.63, 3.8) is 0 Å². The lowest BCUT2D eigenvalue weighted by atomic mass is 10.0. The van der Waals surface area contributed by atoms with Gasteiger partial charge >= 0.3 is 5.76 Å². The van der Waals surface area contributed by atoms with E-state index < -0.39 is 20.5 Å². The van der Waals surface area contributed by atoms with Crippen LogP contribution in [0.15, 0.2) is 29.2 Å². The van der Waals surface area contributed by atoms with Gasteiger partial charge in [0.25, 0.3) is 5.91 Å². The maximum absolute atomic E-state index is 12.7. The SMILES string of the molecule is CCCN(C(=O)c1ccc(S(=O)(=O)C(F)F)cc1)C1CCNCC1.Cl. The van der Waals surface area contributed by atoms with Gasteiger partial charge in [-0.15, -0.1) is 12.4 Å². The maximum Gasteiger partial charge on any atom is 0.341 e. The molecule has 0 atom stereocenters. The number of nitrogens with one attached hydrogen (secondary N) is 1. The summed E-state index contributed by atoms with van der Waals surface area (Å²) in [5.74, 6) is -3.66. The van der Waals surface area contributed by atoms with Gasteiger partial charge in [-0.1, -0.05) is 6.92 Å². The molecule has 1 aromatic carbocycles. The molecule has 1 amide bonds. The monoisotopic (exact) mass is 396 g/mol. The molecule has 0 radical (unpaired) electrons. The summed E-state index contributed by atoms with van der Waals surface area (Å²) in [6.45, 7) is 4.30. The maximum atomic E-state index is 12.7. The van der Waals surface area contributed by atoms with Crippen LogP contribution in [0.3, 0.4) is 0 Å². The van der Waals surface area contributed by atoms with Crippen LogP contribution in [0.4, 0.5) is 8.78 Å². The fourth-order valence-electron chi connectivity index (χ4n) is 2.87. The Morgan fingerprint density at radius 1 is 1.24 bits per heavy atom. The number of benzene rings is 1. The molecule has 0 aromatic heterocycles. The normalized spacial score (nSPS) is 15.7. The smallest absolute Gasteiger partial charge is 0.336 e. The number of carbonyl (C=O) groups is 1. The molecule has 5 nitrogen and oxygen atoms in total. The molecule has 0 aliphatic carbocycles. The third kappa shape index (κ3) is 5.12. The molecule has 0 saturated carbocycles. The van der Waals surface area contributed by atoms with Crippen molar-refractivity contribution in [2.45, 2.75) is 42.9 Å². The number of nitrogens with zero attached hydrogens (tertiary/aromatic N) is 1. The van der Waals surface area contributed by atoms with Crippen LogP contribution in [0, 0.1) is 0 Å². The Morgan fingerprint density at radius 3 is 2.28 bits per heavy atom. The Labute approximate surface area is 153 Å². The van der Waals surface area contributed by atoms with Crippen LogP contribution in [0.2, 0.25) is 0 Å². The summed E-state index contributed by atoms with van der Waals surface area (Å²) < 4.78 is 48.0. The number of piperidine rings is 1. The second kappa shape index (κ2) is 9.45. The van der Waals surface area contributed by atoms with Crippen molar-refractivity contribution in [2.24, 2.45) is 0 Å². The largest absolute Gasteiger partial charge is 0.341 e. The molecule has 25 heavy (non-hydrogen) atoms. The first kappa shape index (κ1) is 21.8. The third-order valence-electron chi connectivity index (χ3n) is 4.14. The van der Waals surface area contributed by atoms with Gasteiger partial charge < -0.3 is 10.2 Å². The quantitative estimate of drug-likeness (QED) is 0.802. The van der Waals surface area contributed by atoms with E-state index in [0.717, 1.165) is 44.5 Å². The van der Waals surface area contributed by atoms with E-state index in [-0.39, 0.29) is 24.4 Å². The van der Waals surface area contributed by atoms with Crippen molar-refractivity contribution in [3.8, 4) is 0 Å². The average Bonchev–Trinajstić information content (AvgIpc) is 2.60. The van der Waals surface area contributed by atoms with Gasteiger partial charge in [0, 0.05) is 18.2 Å². The van der Waals surface area contributed by atoms with Gasteiger partial charge in [0.15, 0.2) is 0 Å². The molecule has 1 heterocycles. The van der Waals surface area contributed by atoms with Crippen LogP contribution in [-0.4, -0.2) is 50.7 Å². The van der Waals surface area contributed by atoms with Gasteiger partial charge in [-0.3, -0.25) is 4.79 Å². The van der Waals surface area contributed by atoms with E-state index in [2.05, 4.69) is 5.32 Å². The summed E-state index contributed by atoms with van der Waals surface area (Å²) in [5, 5.41) is 3.25. The fraction of sp³-hybridized carbons (Fsp3) is 0.562. The summed E-state index contributed by atoms with van der Waals surface area (Å²) in [6, 6.07) is 4.90. The second-order valence-corrected chi connectivity index (χ2v) is 7.73. The van der Waals surface area contributed by atoms with Gasteiger partial charge in [-0.05, 0) is 56.6 Å². The van der Waals surface area contributed by atoms with Crippen LogP contribution >= 0.6 is 12.4 Å². The zero-order valence-electron chi connectivity index (χ0n) is 14.0. The van der Waals surface area contributed by atoms with Crippen LogP contribution in [0.1, 0.15) is 36.5 Å². The molecule has 1 fully saturated rings. The summed E-state index contributed by atoms with van der Waals surface area (Å²) in [6.07, 6.45) is 2.54. The van der Waals surface area contributed by atoms with Crippen molar-refractivity contribution in [1.29, 1.82) is 0 Å². The molecule has 1 aliphatic rings. The molecule has 1 aliphatic heterocycles. The molecule has 0 unspecified atom stereocenters.